The van der Waals surface area contributed by atoms with E-state index < -0.39 is 23.1 Å². The summed E-state index contributed by atoms with van der Waals surface area (Å²) in [7, 11) is -1.43. The van der Waals surface area contributed by atoms with Crippen LogP contribution in [0.3, 0.4) is 0 Å². The van der Waals surface area contributed by atoms with Crippen LogP contribution in [0.25, 0.3) is 10.8 Å². The Morgan fingerprint density at radius 2 is 1.49 bits per heavy atom. The van der Waals surface area contributed by atoms with Gasteiger partial charge < -0.3 is 4.98 Å². The Kier molecular flexibility index (Phi) is 5.16. The van der Waals surface area contributed by atoms with E-state index in [0.717, 1.165) is 37.8 Å². The van der Waals surface area contributed by atoms with Gasteiger partial charge in [-0.25, -0.2) is 24.2 Å². The molecule has 6 bridgehead atoms. The summed E-state index contributed by atoms with van der Waals surface area (Å²) in [5, 5.41) is 5.45. The van der Waals surface area contributed by atoms with Crippen LogP contribution in [0.2, 0.25) is 0 Å². The van der Waals surface area contributed by atoms with Crippen molar-refractivity contribution >= 4 is 33.2 Å². The lowest BCUT2D eigenvalue weighted by Gasteiger charge is -2.20. The second kappa shape index (κ2) is 8.69. The molecule has 180 valence electrons. The number of aromatic nitrogens is 1. The van der Waals surface area contributed by atoms with E-state index >= 15 is 0 Å². The summed E-state index contributed by atoms with van der Waals surface area (Å²) in [5.74, 6) is 1.14. The number of nitrogens with zero attached hydrogens (tertiary/aromatic N) is 4. The van der Waals surface area contributed by atoms with Crippen LogP contribution < -0.4 is 16.3 Å². The summed E-state index contributed by atoms with van der Waals surface area (Å²) in [4.78, 5) is 24.5. The van der Waals surface area contributed by atoms with E-state index in [0.29, 0.717) is 22.1 Å². The fourth-order valence-electron chi connectivity index (χ4n) is 4.77. The largest absolute Gasteiger partial charge is 0.324 e. The van der Waals surface area contributed by atoms with Crippen molar-refractivity contribution < 1.29 is 4.21 Å². The van der Waals surface area contributed by atoms with Gasteiger partial charge in [0.2, 0.25) is 0 Å². The van der Waals surface area contributed by atoms with Gasteiger partial charge in [-0.15, -0.1) is 0 Å². The third-order valence-corrected chi connectivity index (χ3v) is 8.12. The first kappa shape index (κ1) is 22.0. The predicted octanol–water partition coefficient (Wildman–Crippen LogP) is 3.44. The molecule has 2 N–H and O–H groups in total. The zero-order valence-corrected chi connectivity index (χ0v) is 20.7. The van der Waals surface area contributed by atoms with Crippen LogP contribution in [0.1, 0.15) is 16.7 Å². The van der Waals surface area contributed by atoms with Crippen molar-refractivity contribution in [2.24, 2.45) is 20.0 Å². The number of benzene rings is 3. The molecule has 0 fully saturated rings. The van der Waals surface area contributed by atoms with Crippen LogP contribution in [0, 0.1) is 6.92 Å². The molecule has 0 radical (unpaired) electrons. The summed E-state index contributed by atoms with van der Waals surface area (Å²) in [5.41, 5.74) is 4.34. The third kappa shape index (κ3) is 3.82. The van der Waals surface area contributed by atoms with Gasteiger partial charge in [-0.3, -0.25) is 5.32 Å². The van der Waals surface area contributed by atoms with Crippen molar-refractivity contribution in [2.75, 3.05) is 0 Å². The maximum atomic E-state index is 13.8. The first-order chi connectivity index (χ1) is 18.1. The summed E-state index contributed by atoms with van der Waals surface area (Å²) in [6.07, 6.45) is 4.70. The quantitative estimate of drug-likeness (QED) is 0.439. The van der Waals surface area contributed by atoms with Crippen LogP contribution in [0.4, 0.5) is 0 Å². The van der Waals surface area contributed by atoms with Gasteiger partial charge in [-0.2, -0.15) is 0 Å². The molecule has 7 rings (SSSR count). The number of rotatable bonds is 2. The molecule has 4 aromatic rings. The molecule has 3 unspecified atom stereocenters. The Morgan fingerprint density at radius 3 is 2.27 bits per heavy atom. The fraction of sp³-hybridized carbons (Fsp3) is 0.103. The van der Waals surface area contributed by atoms with E-state index in [9.17, 15) is 4.21 Å². The lowest BCUT2D eigenvalue weighted by atomic mass is 10.1. The van der Waals surface area contributed by atoms with E-state index in [-0.39, 0.29) is 0 Å². The summed E-state index contributed by atoms with van der Waals surface area (Å²) in [6.45, 7) is 2.01. The van der Waals surface area contributed by atoms with Crippen LogP contribution in [0.5, 0.6) is 0 Å². The minimum atomic E-state index is -1.43. The van der Waals surface area contributed by atoms with Crippen LogP contribution in [0.15, 0.2) is 121 Å². The van der Waals surface area contributed by atoms with E-state index in [2.05, 4.69) is 10.3 Å². The average Bonchev–Trinajstić information content (AvgIpc) is 3.35. The van der Waals surface area contributed by atoms with Crippen molar-refractivity contribution in [3.8, 4) is 0 Å². The normalized spacial score (nSPS) is 23.1. The Bertz CT molecular complexity index is 1850. The topological polar surface area (TPSA) is 94.3 Å². The minimum Gasteiger partial charge on any atom is -0.324 e. The molecule has 0 spiro atoms. The smallest absolute Gasteiger partial charge is 0.164 e. The fourth-order valence-corrected chi connectivity index (χ4v) is 5.95. The van der Waals surface area contributed by atoms with E-state index in [1.807, 2.05) is 97.9 Å². The van der Waals surface area contributed by atoms with Gasteiger partial charge in [0, 0.05) is 26.8 Å². The zero-order valence-electron chi connectivity index (χ0n) is 19.9. The SMILES string of the molecule is Cc1ccc(S(=O)C2=CC=CC3/N=c4\[nH]c(c5ccccc45)=NC4=N/C(=N\C2N3)c2ccccc24)cc1. The van der Waals surface area contributed by atoms with Gasteiger partial charge >= 0.3 is 0 Å². The third-order valence-electron chi connectivity index (χ3n) is 6.63. The summed E-state index contributed by atoms with van der Waals surface area (Å²) >= 11 is 0. The molecule has 3 aromatic carbocycles. The van der Waals surface area contributed by atoms with Crippen molar-refractivity contribution in [2.45, 2.75) is 24.2 Å². The zero-order chi connectivity index (χ0) is 24.9. The van der Waals surface area contributed by atoms with Gasteiger partial charge in [-0.05, 0) is 31.2 Å². The van der Waals surface area contributed by atoms with Crippen molar-refractivity contribution in [3.05, 3.63) is 124 Å². The first-order valence-electron chi connectivity index (χ1n) is 12.1. The summed E-state index contributed by atoms with van der Waals surface area (Å²) in [6, 6.07) is 23.7. The Hall–Kier alpha value is -4.27. The molecule has 3 aliphatic rings. The number of nitrogens with one attached hydrogen (secondary N) is 2. The number of aryl methyl sites for hydroxylation is 1. The van der Waals surface area contributed by atoms with Crippen molar-refractivity contribution in [1.82, 2.24) is 10.3 Å². The highest BCUT2D eigenvalue weighted by atomic mass is 32.2. The van der Waals surface area contributed by atoms with Gasteiger partial charge in [0.25, 0.3) is 0 Å². The van der Waals surface area contributed by atoms with Gasteiger partial charge in [-0.1, -0.05) is 72.3 Å². The monoisotopic (exact) mass is 502 g/mol. The highest BCUT2D eigenvalue weighted by Gasteiger charge is 2.28. The lowest BCUT2D eigenvalue weighted by molar-refractivity contribution is 0.543. The maximum absolute atomic E-state index is 13.8. The Labute approximate surface area is 215 Å². The van der Waals surface area contributed by atoms with Crippen LogP contribution in [-0.2, 0) is 10.8 Å². The minimum absolute atomic E-state index is 0.410. The van der Waals surface area contributed by atoms with Gasteiger partial charge in [0.1, 0.15) is 23.3 Å². The molecule has 3 aliphatic heterocycles. The number of hydrogen-bond donors (Lipinski definition) is 2. The molecule has 0 saturated carbocycles. The number of hydrogen-bond acceptors (Lipinski definition) is 6. The highest BCUT2D eigenvalue weighted by Crippen LogP contribution is 2.25. The Balaban J connectivity index is 1.46. The number of fused-ring (bicyclic) bond motifs is 11. The molecule has 1 aromatic heterocycles. The van der Waals surface area contributed by atoms with Gasteiger partial charge in [0.15, 0.2) is 11.7 Å². The molecule has 8 heteroatoms. The molecule has 0 aliphatic carbocycles. The van der Waals surface area contributed by atoms with Gasteiger partial charge in [0.05, 0.1) is 15.7 Å². The molecule has 0 saturated heterocycles. The van der Waals surface area contributed by atoms with Crippen molar-refractivity contribution in [3.63, 3.8) is 0 Å². The molecule has 7 nitrogen and oxygen atoms in total. The number of aromatic amines is 1. The van der Waals surface area contributed by atoms with Crippen LogP contribution in [-0.4, -0.2) is 33.2 Å². The second-order valence-electron chi connectivity index (χ2n) is 9.09. The average molecular weight is 503 g/mol. The van der Waals surface area contributed by atoms with E-state index in [4.69, 9.17) is 20.0 Å². The number of amidine groups is 2. The summed E-state index contributed by atoms with van der Waals surface area (Å²) < 4.78 is 13.8. The van der Waals surface area contributed by atoms with E-state index in [1.165, 1.54) is 0 Å². The van der Waals surface area contributed by atoms with E-state index in [1.54, 1.807) is 0 Å². The maximum Gasteiger partial charge on any atom is 0.164 e. The molecule has 37 heavy (non-hydrogen) atoms. The van der Waals surface area contributed by atoms with Crippen LogP contribution >= 0.6 is 0 Å². The molecule has 4 heterocycles. The lowest BCUT2D eigenvalue weighted by Crippen LogP contribution is -2.38. The first-order valence-corrected chi connectivity index (χ1v) is 13.2. The standard InChI is InChI=1S/C29H22N6OS/c1-17-13-15-18(16-14-17)37(36)23-11-6-12-24-30-25-19-7-2-3-8-20(19)26(32-25)33-27-21-9-4-5-10-22(21)28(34-27)35-29(23)31-24/h2-16,24,29,31H,1H3,(H,30,32,33,34,35). The number of aliphatic imine (C=N–C) groups is 2. The molecule has 3 atom stereocenters. The molecular formula is C29H22N6OS. The van der Waals surface area contributed by atoms with Crippen molar-refractivity contribution in [1.29, 1.82) is 0 Å². The second-order valence-corrected chi connectivity index (χ2v) is 10.6. The predicted molar refractivity (Wildman–Crippen MR) is 146 cm³/mol. The highest BCUT2D eigenvalue weighted by molar-refractivity contribution is 7.89. The number of H-pyrrole nitrogens is 1. The number of allylic oxidation sites excluding steroid dienone is 2. The molecular weight excluding hydrogens is 480 g/mol. The Morgan fingerprint density at radius 1 is 0.784 bits per heavy atom. The molecule has 0 amide bonds.